The second-order valence-corrected chi connectivity index (χ2v) is 4.97. The van der Waals surface area contributed by atoms with Crippen LogP contribution >= 0.6 is 0 Å². The first kappa shape index (κ1) is 14.3. The largest absolute Gasteiger partial charge is 0.504 e. The lowest BCUT2D eigenvalue weighted by Crippen LogP contribution is -2.01. The summed E-state index contributed by atoms with van der Waals surface area (Å²) >= 11 is 0. The van der Waals surface area contributed by atoms with Gasteiger partial charge in [0, 0.05) is 12.2 Å². The fraction of sp³-hybridized carbons (Fsp3) is 0.294. The molecule has 2 aromatic carbocycles. The van der Waals surface area contributed by atoms with Crippen LogP contribution in [0.3, 0.4) is 0 Å². The molecule has 0 aliphatic heterocycles. The van der Waals surface area contributed by atoms with E-state index in [2.05, 4.69) is 37.4 Å². The molecule has 0 unspecified atom stereocenters. The van der Waals surface area contributed by atoms with Crippen LogP contribution in [-0.4, -0.2) is 11.7 Å². The van der Waals surface area contributed by atoms with Gasteiger partial charge in [-0.05, 0) is 61.7 Å². The zero-order valence-electron chi connectivity index (χ0n) is 12.2. The van der Waals surface area contributed by atoms with E-state index in [4.69, 9.17) is 4.74 Å². The number of rotatable bonds is 5. The first-order valence-electron chi connectivity index (χ1n) is 6.85. The fourth-order valence-electron chi connectivity index (χ4n) is 2.22. The summed E-state index contributed by atoms with van der Waals surface area (Å²) in [5, 5.41) is 13.1. The molecule has 3 nitrogen and oxygen atoms in total. The summed E-state index contributed by atoms with van der Waals surface area (Å²) in [5.74, 6) is 0.717. The van der Waals surface area contributed by atoms with Gasteiger partial charge < -0.3 is 15.2 Å². The van der Waals surface area contributed by atoms with E-state index in [0.29, 0.717) is 18.9 Å². The van der Waals surface area contributed by atoms with Gasteiger partial charge in [-0.2, -0.15) is 0 Å². The van der Waals surface area contributed by atoms with Crippen molar-refractivity contribution in [1.82, 2.24) is 0 Å². The molecular weight excluding hydrogens is 250 g/mol. The zero-order valence-corrected chi connectivity index (χ0v) is 12.2. The average Bonchev–Trinajstić information content (AvgIpc) is 2.39. The Morgan fingerprint density at radius 2 is 1.75 bits per heavy atom. The van der Waals surface area contributed by atoms with Crippen LogP contribution in [0.2, 0.25) is 0 Å². The van der Waals surface area contributed by atoms with Gasteiger partial charge in [-0.3, -0.25) is 0 Å². The molecule has 0 aliphatic carbocycles. The molecule has 3 heteroatoms. The van der Waals surface area contributed by atoms with Gasteiger partial charge >= 0.3 is 0 Å². The molecular formula is C17H21NO2. The molecule has 106 valence electrons. The van der Waals surface area contributed by atoms with Crippen molar-refractivity contribution in [1.29, 1.82) is 0 Å². The van der Waals surface area contributed by atoms with Crippen LogP contribution in [0.15, 0.2) is 36.4 Å². The molecule has 2 rings (SSSR count). The Hall–Kier alpha value is -2.16. The second-order valence-electron chi connectivity index (χ2n) is 4.97. The smallest absolute Gasteiger partial charge is 0.161 e. The lowest BCUT2D eigenvalue weighted by molar-refractivity contribution is 0.318. The minimum Gasteiger partial charge on any atom is -0.504 e. The SMILES string of the molecule is CCOc1cc(CNc2cc(C)cc(C)c2)ccc1O. The van der Waals surface area contributed by atoms with E-state index in [9.17, 15) is 5.11 Å². The van der Waals surface area contributed by atoms with Crippen LogP contribution in [0.5, 0.6) is 11.5 Å². The van der Waals surface area contributed by atoms with Gasteiger partial charge in [0.15, 0.2) is 11.5 Å². The first-order valence-corrected chi connectivity index (χ1v) is 6.85. The Balaban J connectivity index is 2.08. The number of nitrogens with one attached hydrogen (secondary N) is 1. The molecule has 0 saturated carbocycles. The van der Waals surface area contributed by atoms with Gasteiger partial charge in [0.05, 0.1) is 6.61 Å². The third kappa shape index (κ3) is 3.67. The molecule has 0 bridgehead atoms. The van der Waals surface area contributed by atoms with Gasteiger partial charge in [-0.15, -0.1) is 0 Å². The third-order valence-electron chi connectivity index (χ3n) is 3.04. The van der Waals surface area contributed by atoms with Gasteiger partial charge in [0.25, 0.3) is 0 Å². The Bertz CT molecular complexity index is 573. The van der Waals surface area contributed by atoms with Crippen molar-refractivity contribution in [3.63, 3.8) is 0 Å². The number of anilines is 1. The minimum atomic E-state index is 0.182. The van der Waals surface area contributed by atoms with Crippen molar-refractivity contribution in [2.24, 2.45) is 0 Å². The lowest BCUT2D eigenvalue weighted by Gasteiger charge is -2.11. The summed E-state index contributed by atoms with van der Waals surface area (Å²) in [6, 6.07) is 11.8. The number of hydrogen-bond acceptors (Lipinski definition) is 3. The monoisotopic (exact) mass is 271 g/mol. The molecule has 0 heterocycles. The highest BCUT2D eigenvalue weighted by Crippen LogP contribution is 2.27. The highest BCUT2D eigenvalue weighted by Gasteiger charge is 2.03. The van der Waals surface area contributed by atoms with E-state index in [1.807, 2.05) is 19.1 Å². The molecule has 0 amide bonds. The number of aromatic hydroxyl groups is 1. The van der Waals surface area contributed by atoms with Crippen LogP contribution < -0.4 is 10.1 Å². The van der Waals surface area contributed by atoms with Crippen LogP contribution in [0.1, 0.15) is 23.6 Å². The molecule has 0 radical (unpaired) electrons. The molecule has 0 saturated heterocycles. The summed E-state index contributed by atoms with van der Waals surface area (Å²) in [4.78, 5) is 0. The Labute approximate surface area is 120 Å². The van der Waals surface area contributed by atoms with Crippen LogP contribution in [-0.2, 0) is 6.54 Å². The quantitative estimate of drug-likeness (QED) is 0.863. The molecule has 20 heavy (non-hydrogen) atoms. The normalized spacial score (nSPS) is 10.3. The Kier molecular flexibility index (Phi) is 4.51. The van der Waals surface area contributed by atoms with Crippen molar-refractivity contribution in [2.45, 2.75) is 27.3 Å². The number of ether oxygens (including phenoxy) is 1. The van der Waals surface area contributed by atoms with Crippen LogP contribution in [0.25, 0.3) is 0 Å². The highest BCUT2D eigenvalue weighted by atomic mass is 16.5. The highest BCUT2D eigenvalue weighted by molar-refractivity contribution is 5.49. The van der Waals surface area contributed by atoms with E-state index in [0.717, 1.165) is 11.3 Å². The second kappa shape index (κ2) is 6.33. The van der Waals surface area contributed by atoms with E-state index in [1.54, 1.807) is 6.07 Å². The third-order valence-corrected chi connectivity index (χ3v) is 3.04. The molecule has 2 N–H and O–H groups in total. The maximum absolute atomic E-state index is 9.68. The van der Waals surface area contributed by atoms with Crippen molar-refractivity contribution < 1.29 is 9.84 Å². The van der Waals surface area contributed by atoms with E-state index < -0.39 is 0 Å². The summed E-state index contributed by atoms with van der Waals surface area (Å²) in [6.07, 6.45) is 0. The van der Waals surface area contributed by atoms with E-state index in [1.165, 1.54) is 11.1 Å². The van der Waals surface area contributed by atoms with Crippen molar-refractivity contribution in [2.75, 3.05) is 11.9 Å². The van der Waals surface area contributed by atoms with Crippen molar-refractivity contribution in [3.8, 4) is 11.5 Å². The van der Waals surface area contributed by atoms with Gasteiger partial charge in [-0.1, -0.05) is 12.1 Å². The summed E-state index contributed by atoms with van der Waals surface area (Å²) in [7, 11) is 0. The number of phenolic OH excluding ortho intramolecular Hbond substituents is 1. The molecule has 2 aromatic rings. The zero-order chi connectivity index (χ0) is 14.5. The predicted octanol–water partition coefficient (Wildman–Crippen LogP) is 4.02. The maximum atomic E-state index is 9.68. The number of benzene rings is 2. The topological polar surface area (TPSA) is 41.5 Å². The molecule has 0 atom stereocenters. The molecule has 0 spiro atoms. The summed E-state index contributed by atoms with van der Waals surface area (Å²) in [5.41, 5.74) is 4.67. The number of aryl methyl sites for hydroxylation is 2. The Morgan fingerprint density at radius 1 is 1.05 bits per heavy atom. The van der Waals surface area contributed by atoms with E-state index >= 15 is 0 Å². The van der Waals surface area contributed by atoms with Gasteiger partial charge in [-0.25, -0.2) is 0 Å². The Morgan fingerprint density at radius 3 is 2.40 bits per heavy atom. The lowest BCUT2D eigenvalue weighted by atomic mass is 10.1. The van der Waals surface area contributed by atoms with Crippen LogP contribution in [0.4, 0.5) is 5.69 Å². The number of hydrogen-bond donors (Lipinski definition) is 2. The minimum absolute atomic E-state index is 0.182. The van der Waals surface area contributed by atoms with Gasteiger partial charge in [0.2, 0.25) is 0 Å². The first-order chi connectivity index (χ1) is 9.58. The fourth-order valence-corrected chi connectivity index (χ4v) is 2.22. The molecule has 0 aromatic heterocycles. The summed E-state index contributed by atoms with van der Waals surface area (Å²) < 4.78 is 5.39. The predicted molar refractivity (Wildman–Crippen MR) is 82.5 cm³/mol. The van der Waals surface area contributed by atoms with Crippen molar-refractivity contribution in [3.05, 3.63) is 53.1 Å². The van der Waals surface area contributed by atoms with Crippen molar-refractivity contribution >= 4 is 5.69 Å². The molecule has 0 fully saturated rings. The molecule has 0 aliphatic rings. The average molecular weight is 271 g/mol. The summed E-state index contributed by atoms with van der Waals surface area (Å²) in [6.45, 7) is 7.32. The van der Waals surface area contributed by atoms with Crippen LogP contribution in [0, 0.1) is 13.8 Å². The maximum Gasteiger partial charge on any atom is 0.161 e. The standard InChI is InChI=1S/C17H21NO2/c1-4-20-17-10-14(5-6-16(17)19)11-18-15-8-12(2)7-13(3)9-15/h5-10,18-19H,4,11H2,1-3H3. The van der Waals surface area contributed by atoms with E-state index in [-0.39, 0.29) is 5.75 Å². The number of phenols is 1. The van der Waals surface area contributed by atoms with Gasteiger partial charge in [0.1, 0.15) is 0 Å².